The summed E-state index contributed by atoms with van der Waals surface area (Å²) in [5.41, 5.74) is -0.124. The van der Waals surface area contributed by atoms with Gasteiger partial charge in [-0.05, 0) is 24.0 Å². The van der Waals surface area contributed by atoms with E-state index in [4.69, 9.17) is 0 Å². The molecule has 2 nitrogen and oxygen atoms in total. The highest BCUT2D eigenvalue weighted by molar-refractivity contribution is 5.77. The molecule has 0 aliphatic heterocycles. The van der Waals surface area contributed by atoms with Crippen LogP contribution in [0.5, 0.6) is 0 Å². The van der Waals surface area contributed by atoms with Crippen molar-refractivity contribution in [3.8, 4) is 0 Å². The summed E-state index contributed by atoms with van der Waals surface area (Å²) in [6.45, 7) is 0. The first-order valence-corrected chi connectivity index (χ1v) is 5.18. The molecule has 1 saturated carbocycles. The largest absolute Gasteiger partial charge is 0.469 e. The monoisotopic (exact) mass is 244 g/mol. The summed E-state index contributed by atoms with van der Waals surface area (Å²) in [5, 5.41) is 0. The van der Waals surface area contributed by atoms with E-state index < -0.39 is 11.7 Å². The molecule has 0 saturated heterocycles. The fraction of sp³-hybridized carbons (Fsp3) is 0.417. The number of esters is 1. The zero-order valence-corrected chi connectivity index (χ0v) is 9.12. The fourth-order valence-corrected chi connectivity index (χ4v) is 1.92. The predicted octanol–water partition coefficient (Wildman–Crippen LogP) is 2.98. The Morgan fingerprint density at radius 1 is 1.41 bits per heavy atom. The molecule has 1 aliphatic carbocycles. The predicted molar refractivity (Wildman–Crippen MR) is 54.3 cm³/mol. The molecule has 2 unspecified atom stereocenters. The number of carbonyl (C=O) groups excluding carboxylic acids is 1. The number of alkyl halides is 3. The van der Waals surface area contributed by atoms with E-state index in [2.05, 4.69) is 4.74 Å². The van der Waals surface area contributed by atoms with E-state index >= 15 is 0 Å². The van der Waals surface area contributed by atoms with Gasteiger partial charge >= 0.3 is 12.1 Å². The first-order chi connectivity index (χ1) is 7.93. The number of hydrogen-bond donors (Lipinski definition) is 0. The number of halogens is 3. The van der Waals surface area contributed by atoms with Gasteiger partial charge in [-0.2, -0.15) is 13.2 Å². The maximum Gasteiger partial charge on any atom is 0.416 e. The van der Waals surface area contributed by atoms with Crippen molar-refractivity contribution in [3.05, 3.63) is 35.4 Å². The maximum absolute atomic E-state index is 12.5. The maximum atomic E-state index is 12.5. The molecule has 0 heterocycles. The van der Waals surface area contributed by atoms with E-state index in [1.807, 2.05) is 0 Å². The second-order valence-electron chi connectivity index (χ2n) is 4.10. The third-order valence-electron chi connectivity index (χ3n) is 2.94. The van der Waals surface area contributed by atoms with Crippen molar-refractivity contribution in [1.82, 2.24) is 0 Å². The molecule has 2 atom stereocenters. The van der Waals surface area contributed by atoms with Gasteiger partial charge < -0.3 is 4.74 Å². The van der Waals surface area contributed by atoms with Gasteiger partial charge in [-0.1, -0.05) is 18.2 Å². The van der Waals surface area contributed by atoms with Crippen LogP contribution >= 0.6 is 0 Å². The molecular weight excluding hydrogens is 233 g/mol. The van der Waals surface area contributed by atoms with Crippen LogP contribution in [0.3, 0.4) is 0 Å². The van der Waals surface area contributed by atoms with E-state index in [1.165, 1.54) is 13.2 Å². The van der Waals surface area contributed by atoms with Gasteiger partial charge in [0.2, 0.25) is 0 Å². The van der Waals surface area contributed by atoms with Crippen molar-refractivity contribution in [2.24, 2.45) is 5.92 Å². The molecule has 0 aromatic heterocycles. The molecule has 0 N–H and O–H groups in total. The Morgan fingerprint density at radius 3 is 2.71 bits per heavy atom. The lowest BCUT2D eigenvalue weighted by Gasteiger charge is -2.08. The molecule has 2 rings (SSSR count). The Labute approximate surface area is 96.4 Å². The quantitative estimate of drug-likeness (QED) is 0.747. The van der Waals surface area contributed by atoms with Crippen molar-refractivity contribution in [2.75, 3.05) is 7.11 Å². The lowest BCUT2D eigenvalue weighted by atomic mass is 10.1. The SMILES string of the molecule is COC(=O)C1CC1c1cccc(C(F)(F)F)c1. The van der Waals surface area contributed by atoms with E-state index in [1.54, 1.807) is 6.07 Å². The van der Waals surface area contributed by atoms with Crippen LogP contribution in [0.15, 0.2) is 24.3 Å². The van der Waals surface area contributed by atoms with Crippen molar-refractivity contribution >= 4 is 5.97 Å². The van der Waals surface area contributed by atoms with Gasteiger partial charge in [0, 0.05) is 0 Å². The Kier molecular flexibility index (Phi) is 2.85. The third kappa shape index (κ3) is 2.43. The van der Waals surface area contributed by atoms with Crippen molar-refractivity contribution in [2.45, 2.75) is 18.5 Å². The van der Waals surface area contributed by atoms with Crippen LogP contribution in [-0.4, -0.2) is 13.1 Å². The van der Waals surface area contributed by atoms with Crippen LogP contribution in [0, 0.1) is 5.92 Å². The van der Waals surface area contributed by atoms with E-state index in [0.29, 0.717) is 12.0 Å². The number of methoxy groups -OCH3 is 1. The second-order valence-corrected chi connectivity index (χ2v) is 4.10. The van der Waals surface area contributed by atoms with Crippen LogP contribution in [-0.2, 0) is 15.7 Å². The van der Waals surface area contributed by atoms with Gasteiger partial charge in [0.1, 0.15) is 0 Å². The molecule has 5 heteroatoms. The normalized spacial score (nSPS) is 23.3. The fourth-order valence-electron chi connectivity index (χ4n) is 1.92. The molecule has 17 heavy (non-hydrogen) atoms. The molecule has 1 aliphatic rings. The highest BCUT2D eigenvalue weighted by Gasteiger charge is 2.45. The topological polar surface area (TPSA) is 26.3 Å². The first-order valence-electron chi connectivity index (χ1n) is 5.18. The van der Waals surface area contributed by atoms with Gasteiger partial charge in [0.05, 0.1) is 18.6 Å². The molecule has 0 radical (unpaired) electrons. The summed E-state index contributed by atoms with van der Waals surface area (Å²) in [6, 6.07) is 5.11. The van der Waals surface area contributed by atoms with Gasteiger partial charge in [0.15, 0.2) is 0 Å². The van der Waals surface area contributed by atoms with Crippen LogP contribution in [0.4, 0.5) is 13.2 Å². The number of rotatable bonds is 2. The minimum atomic E-state index is -4.34. The molecule has 1 aromatic rings. The Bertz CT molecular complexity index is 440. The van der Waals surface area contributed by atoms with E-state index in [-0.39, 0.29) is 17.8 Å². The van der Waals surface area contributed by atoms with Crippen molar-refractivity contribution < 1.29 is 22.7 Å². The average Bonchev–Trinajstić information content (AvgIpc) is 3.07. The van der Waals surface area contributed by atoms with Crippen LogP contribution in [0.2, 0.25) is 0 Å². The summed E-state index contributed by atoms with van der Waals surface area (Å²) < 4.78 is 42.0. The average molecular weight is 244 g/mol. The molecular formula is C12H11F3O2. The number of benzene rings is 1. The third-order valence-corrected chi connectivity index (χ3v) is 2.94. The lowest BCUT2D eigenvalue weighted by Crippen LogP contribution is -2.06. The summed E-state index contributed by atoms with van der Waals surface area (Å²) >= 11 is 0. The van der Waals surface area contributed by atoms with E-state index in [0.717, 1.165) is 12.1 Å². The lowest BCUT2D eigenvalue weighted by molar-refractivity contribution is -0.142. The highest BCUT2D eigenvalue weighted by Crippen LogP contribution is 2.48. The molecule has 1 fully saturated rings. The second kappa shape index (κ2) is 4.05. The highest BCUT2D eigenvalue weighted by atomic mass is 19.4. The number of ether oxygens (including phenoxy) is 1. The minimum Gasteiger partial charge on any atom is -0.469 e. The van der Waals surface area contributed by atoms with Gasteiger partial charge in [-0.25, -0.2) is 0 Å². The summed E-state index contributed by atoms with van der Waals surface area (Å²) in [4.78, 5) is 11.2. The van der Waals surface area contributed by atoms with Gasteiger partial charge in [-0.15, -0.1) is 0 Å². The van der Waals surface area contributed by atoms with E-state index in [9.17, 15) is 18.0 Å². The summed E-state index contributed by atoms with van der Waals surface area (Å²) in [6.07, 6.45) is -3.78. The Balaban J connectivity index is 2.17. The zero-order valence-electron chi connectivity index (χ0n) is 9.12. The van der Waals surface area contributed by atoms with Crippen LogP contribution in [0.25, 0.3) is 0 Å². The summed E-state index contributed by atoms with van der Waals surface area (Å²) in [7, 11) is 1.28. The number of hydrogen-bond acceptors (Lipinski definition) is 2. The zero-order chi connectivity index (χ0) is 12.6. The molecule has 0 spiro atoms. The van der Waals surface area contributed by atoms with Gasteiger partial charge in [-0.3, -0.25) is 4.79 Å². The Hall–Kier alpha value is -1.52. The molecule has 92 valence electrons. The molecule has 0 amide bonds. The minimum absolute atomic E-state index is 0.134. The molecule has 0 bridgehead atoms. The summed E-state index contributed by atoms with van der Waals surface area (Å²) in [5.74, 6) is -0.777. The van der Waals surface area contributed by atoms with Crippen LogP contribution in [0.1, 0.15) is 23.5 Å². The number of carbonyl (C=O) groups is 1. The molecule has 1 aromatic carbocycles. The smallest absolute Gasteiger partial charge is 0.416 e. The van der Waals surface area contributed by atoms with Crippen LogP contribution < -0.4 is 0 Å². The Morgan fingerprint density at radius 2 is 2.12 bits per heavy atom. The first kappa shape index (κ1) is 12.0. The van der Waals surface area contributed by atoms with Crippen molar-refractivity contribution in [1.29, 1.82) is 0 Å². The van der Waals surface area contributed by atoms with Gasteiger partial charge in [0.25, 0.3) is 0 Å². The standard InChI is InChI=1S/C12H11F3O2/c1-17-11(16)10-6-9(10)7-3-2-4-8(5-7)12(13,14)15/h2-5,9-10H,6H2,1H3. The van der Waals surface area contributed by atoms with Crippen molar-refractivity contribution in [3.63, 3.8) is 0 Å².